The van der Waals surface area contributed by atoms with Gasteiger partial charge >= 0.3 is 0 Å². The Bertz CT molecular complexity index is 3180. The number of fused-ring (bicyclic) bond motifs is 7. The lowest BCUT2D eigenvalue weighted by Gasteiger charge is -2.12. The number of furan rings is 1. The molecule has 11 aromatic rings. The van der Waals surface area contributed by atoms with Crippen LogP contribution in [0, 0.1) is 0 Å². The van der Waals surface area contributed by atoms with Crippen LogP contribution in [0.25, 0.3) is 105 Å². The Morgan fingerprint density at radius 1 is 0.426 bits per heavy atom. The van der Waals surface area contributed by atoms with Crippen LogP contribution in [0.4, 0.5) is 0 Å². The Morgan fingerprint density at radius 3 is 1.91 bits per heavy atom. The van der Waals surface area contributed by atoms with Crippen LogP contribution >= 0.6 is 0 Å². The van der Waals surface area contributed by atoms with Gasteiger partial charge in [-0.3, -0.25) is 4.98 Å². The molecule has 7 aromatic carbocycles. The molecule has 252 valence electrons. The molecule has 0 fully saturated rings. The fraction of sp³-hybridized carbons (Fsp3) is 0. The summed E-state index contributed by atoms with van der Waals surface area (Å²) >= 11 is 0. The van der Waals surface area contributed by atoms with Crippen LogP contribution < -0.4 is 0 Å². The smallest absolute Gasteiger partial charge is 0.164 e. The summed E-state index contributed by atoms with van der Waals surface area (Å²) in [7, 11) is 0. The minimum absolute atomic E-state index is 0.570. The molecule has 6 heteroatoms. The van der Waals surface area contributed by atoms with Crippen LogP contribution in [-0.2, 0) is 0 Å². The molecule has 0 atom stereocenters. The van der Waals surface area contributed by atoms with Gasteiger partial charge in [0.25, 0.3) is 0 Å². The van der Waals surface area contributed by atoms with Crippen molar-refractivity contribution in [2.24, 2.45) is 0 Å². The standard InChI is InChI=1S/C48H29N5O/c1-2-10-33-27-34(24-21-30(33)9-1)31-19-22-32(23-20-31)46-50-47(52-48(51-46)40-15-8-18-43-45(40)39-25-26-49-29-44(39)54-43)35-11-7-12-36(28-35)53-41-16-5-3-13-37(41)38-14-4-6-17-42(38)53/h1-29H. The van der Waals surface area contributed by atoms with Gasteiger partial charge in [-0.1, -0.05) is 121 Å². The second-order valence-electron chi connectivity index (χ2n) is 13.5. The Morgan fingerprint density at radius 2 is 1.09 bits per heavy atom. The predicted molar refractivity (Wildman–Crippen MR) is 218 cm³/mol. The lowest BCUT2D eigenvalue weighted by molar-refractivity contribution is 0.667. The van der Waals surface area contributed by atoms with Crippen LogP contribution in [-0.4, -0.2) is 24.5 Å². The van der Waals surface area contributed by atoms with E-state index in [9.17, 15) is 0 Å². The van der Waals surface area contributed by atoms with Gasteiger partial charge in [0.05, 0.1) is 17.2 Å². The van der Waals surface area contributed by atoms with E-state index in [-0.39, 0.29) is 0 Å². The zero-order valence-corrected chi connectivity index (χ0v) is 28.9. The maximum atomic E-state index is 6.22. The second-order valence-corrected chi connectivity index (χ2v) is 13.5. The molecule has 0 unspecified atom stereocenters. The normalized spacial score (nSPS) is 11.7. The van der Waals surface area contributed by atoms with Crippen molar-refractivity contribution in [3.8, 4) is 51.0 Å². The predicted octanol–water partition coefficient (Wildman–Crippen LogP) is 12.1. The lowest BCUT2D eigenvalue weighted by atomic mass is 10.00. The molecule has 11 rings (SSSR count). The number of para-hydroxylation sites is 2. The largest absolute Gasteiger partial charge is 0.454 e. The quantitative estimate of drug-likeness (QED) is 0.180. The summed E-state index contributed by atoms with van der Waals surface area (Å²) in [6, 6.07) is 57.0. The van der Waals surface area contributed by atoms with Crippen molar-refractivity contribution in [2.45, 2.75) is 0 Å². The lowest BCUT2D eigenvalue weighted by Crippen LogP contribution is -2.01. The minimum Gasteiger partial charge on any atom is -0.454 e. The molecule has 4 aromatic heterocycles. The topological polar surface area (TPSA) is 69.6 Å². The average molecular weight is 692 g/mol. The fourth-order valence-electron chi connectivity index (χ4n) is 7.79. The summed E-state index contributed by atoms with van der Waals surface area (Å²) < 4.78 is 8.53. The summed E-state index contributed by atoms with van der Waals surface area (Å²) in [5.74, 6) is 1.75. The first kappa shape index (κ1) is 30.2. The summed E-state index contributed by atoms with van der Waals surface area (Å²) in [5.41, 5.74) is 9.74. The SMILES string of the molecule is c1cc(-c2nc(-c3ccc(-c4ccc5ccccc5c4)cc3)nc(-c3cccc4oc5cnccc5c34)n2)cc(-n2c3ccccc3c3ccccc32)c1. The van der Waals surface area contributed by atoms with Gasteiger partial charge in [-0.25, -0.2) is 15.0 Å². The molecule has 4 heterocycles. The van der Waals surface area contributed by atoms with E-state index in [2.05, 4.69) is 155 Å². The zero-order valence-electron chi connectivity index (χ0n) is 28.9. The first-order chi connectivity index (χ1) is 26.7. The summed E-state index contributed by atoms with van der Waals surface area (Å²) in [6.07, 6.45) is 3.54. The number of rotatable bonds is 5. The van der Waals surface area contributed by atoms with Crippen LogP contribution in [0.15, 0.2) is 181 Å². The number of nitrogens with zero attached hydrogens (tertiary/aromatic N) is 5. The van der Waals surface area contributed by atoms with Crippen LogP contribution in [0.2, 0.25) is 0 Å². The van der Waals surface area contributed by atoms with Crippen molar-refractivity contribution < 1.29 is 4.42 Å². The summed E-state index contributed by atoms with van der Waals surface area (Å²) in [4.78, 5) is 19.8. The second kappa shape index (κ2) is 12.1. The molecule has 0 aliphatic carbocycles. The maximum Gasteiger partial charge on any atom is 0.164 e. The zero-order chi connectivity index (χ0) is 35.6. The Hall–Kier alpha value is -7.44. The van der Waals surface area contributed by atoms with E-state index < -0.39 is 0 Å². The van der Waals surface area contributed by atoms with Gasteiger partial charge < -0.3 is 8.98 Å². The van der Waals surface area contributed by atoms with Gasteiger partial charge in [0.2, 0.25) is 0 Å². The third-order valence-corrected chi connectivity index (χ3v) is 10.3. The van der Waals surface area contributed by atoms with E-state index in [1.807, 2.05) is 18.2 Å². The van der Waals surface area contributed by atoms with Gasteiger partial charge in [0, 0.05) is 50.1 Å². The van der Waals surface area contributed by atoms with Crippen molar-refractivity contribution in [3.63, 3.8) is 0 Å². The van der Waals surface area contributed by atoms with Gasteiger partial charge in [-0.2, -0.15) is 0 Å². The molecule has 0 radical (unpaired) electrons. The first-order valence-corrected chi connectivity index (χ1v) is 18.0. The van der Waals surface area contributed by atoms with E-state index in [0.29, 0.717) is 17.5 Å². The maximum absolute atomic E-state index is 6.22. The molecule has 0 bridgehead atoms. The highest BCUT2D eigenvalue weighted by Crippen LogP contribution is 2.37. The van der Waals surface area contributed by atoms with E-state index in [4.69, 9.17) is 19.4 Å². The number of pyridine rings is 1. The summed E-state index contributed by atoms with van der Waals surface area (Å²) in [5, 5.41) is 6.78. The number of hydrogen-bond acceptors (Lipinski definition) is 5. The Kier molecular flexibility index (Phi) is 6.75. The highest BCUT2D eigenvalue weighted by atomic mass is 16.3. The van der Waals surface area contributed by atoms with Gasteiger partial charge in [-0.05, 0) is 64.4 Å². The van der Waals surface area contributed by atoms with Crippen molar-refractivity contribution in [3.05, 3.63) is 176 Å². The monoisotopic (exact) mass is 691 g/mol. The van der Waals surface area contributed by atoms with Crippen LogP contribution in [0.3, 0.4) is 0 Å². The van der Waals surface area contributed by atoms with E-state index in [1.165, 1.54) is 21.5 Å². The molecule has 0 aliphatic rings. The van der Waals surface area contributed by atoms with E-state index in [0.717, 1.165) is 66.5 Å². The number of hydrogen-bond donors (Lipinski definition) is 0. The first-order valence-electron chi connectivity index (χ1n) is 18.0. The third-order valence-electron chi connectivity index (χ3n) is 10.3. The number of aromatic nitrogens is 5. The molecular weight excluding hydrogens is 663 g/mol. The Labute approximate surface area is 309 Å². The van der Waals surface area contributed by atoms with Crippen molar-refractivity contribution >= 4 is 54.5 Å². The van der Waals surface area contributed by atoms with Gasteiger partial charge in [-0.15, -0.1) is 0 Å². The van der Waals surface area contributed by atoms with E-state index in [1.54, 1.807) is 12.4 Å². The molecule has 0 spiro atoms. The summed E-state index contributed by atoms with van der Waals surface area (Å²) in [6.45, 7) is 0. The van der Waals surface area contributed by atoms with Crippen molar-refractivity contribution in [1.82, 2.24) is 24.5 Å². The van der Waals surface area contributed by atoms with Gasteiger partial charge in [0.1, 0.15) is 5.58 Å². The molecule has 54 heavy (non-hydrogen) atoms. The molecule has 0 saturated heterocycles. The average Bonchev–Trinajstić information content (AvgIpc) is 3.80. The van der Waals surface area contributed by atoms with Gasteiger partial charge in [0.15, 0.2) is 23.1 Å². The van der Waals surface area contributed by atoms with Crippen molar-refractivity contribution in [1.29, 1.82) is 0 Å². The van der Waals surface area contributed by atoms with Crippen LogP contribution in [0.1, 0.15) is 0 Å². The molecule has 0 N–H and O–H groups in total. The van der Waals surface area contributed by atoms with Crippen LogP contribution in [0.5, 0.6) is 0 Å². The molecule has 0 saturated carbocycles. The van der Waals surface area contributed by atoms with E-state index >= 15 is 0 Å². The highest BCUT2D eigenvalue weighted by molar-refractivity contribution is 6.12. The molecule has 6 nitrogen and oxygen atoms in total. The minimum atomic E-state index is 0.570. The highest BCUT2D eigenvalue weighted by Gasteiger charge is 2.19. The Balaban J connectivity index is 1.09. The third kappa shape index (κ3) is 4.89. The molecule has 0 aliphatic heterocycles. The molecular formula is C48H29N5O. The fourth-order valence-corrected chi connectivity index (χ4v) is 7.79. The number of benzene rings is 7. The van der Waals surface area contributed by atoms with Crippen molar-refractivity contribution in [2.75, 3.05) is 0 Å². The molecule has 0 amide bonds.